The largest absolute Gasteiger partial charge is 0.393 e. The van der Waals surface area contributed by atoms with Crippen LogP contribution in [0.1, 0.15) is 31.9 Å². The average Bonchev–Trinajstić information content (AvgIpc) is 2.40. The summed E-state index contributed by atoms with van der Waals surface area (Å²) in [5.41, 5.74) is 1.11. The van der Waals surface area contributed by atoms with Gasteiger partial charge in [-0.2, -0.15) is 0 Å². The van der Waals surface area contributed by atoms with E-state index in [0.29, 0.717) is 4.90 Å². The first-order valence-corrected chi connectivity index (χ1v) is 8.90. The summed E-state index contributed by atoms with van der Waals surface area (Å²) in [5, 5.41) is 9.78. The zero-order valence-corrected chi connectivity index (χ0v) is 13.1. The molecule has 112 valence electrons. The maximum Gasteiger partial charge on any atom is 0.175 e. The molecule has 1 aliphatic rings. The third-order valence-electron chi connectivity index (χ3n) is 4.23. The maximum absolute atomic E-state index is 11.5. The molecule has 1 fully saturated rings. The number of hydrogen-bond donors (Lipinski definition) is 1. The van der Waals surface area contributed by atoms with E-state index in [-0.39, 0.29) is 18.1 Å². The van der Waals surface area contributed by atoms with Gasteiger partial charge in [-0.05, 0) is 37.0 Å². The Morgan fingerprint density at radius 3 is 2.40 bits per heavy atom. The van der Waals surface area contributed by atoms with Crippen LogP contribution in [0.3, 0.4) is 0 Å². The summed E-state index contributed by atoms with van der Waals surface area (Å²) < 4.78 is 22.9. The van der Waals surface area contributed by atoms with Crippen molar-refractivity contribution >= 4 is 9.84 Å². The SMILES string of the molecule is CC1CN(C(C)c2ccc(S(C)(=O)=O)cc2)CCC1O. The number of likely N-dealkylation sites (tertiary alicyclic amines) is 1. The van der Waals surface area contributed by atoms with Gasteiger partial charge in [0.25, 0.3) is 0 Å². The smallest absolute Gasteiger partial charge is 0.175 e. The summed E-state index contributed by atoms with van der Waals surface area (Å²) in [5.74, 6) is 0.279. The first-order chi connectivity index (χ1) is 9.29. The monoisotopic (exact) mass is 297 g/mol. The highest BCUT2D eigenvalue weighted by molar-refractivity contribution is 7.90. The molecule has 1 aromatic rings. The van der Waals surface area contributed by atoms with E-state index < -0.39 is 9.84 Å². The number of benzene rings is 1. The van der Waals surface area contributed by atoms with Crippen LogP contribution in [0.2, 0.25) is 0 Å². The molecule has 1 saturated heterocycles. The molecule has 0 aliphatic carbocycles. The van der Waals surface area contributed by atoms with Crippen LogP contribution in [-0.4, -0.2) is 43.9 Å². The van der Waals surface area contributed by atoms with Crippen LogP contribution in [0, 0.1) is 5.92 Å². The third-order valence-corrected chi connectivity index (χ3v) is 5.36. The van der Waals surface area contributed by atoms with Crippen LogP contribution in [-0.2, 0) is 9.84 Å². The Hall–Kier alpha value is -0.910. The Morgan fingerprint density at radius 2 is 1.90 bits per heavy atom. The summed E-state index contributed by atoms with van der Waals surface area (Å²) in [6.07, 6.45) is 1.82. The molecule has 0 spiro atoms. The van der Waals surface area contributed by atoms with Crippen LogP contribution in [0.15, 0.2) is 29.2 Å². The highest BCUT2D eigenvalue weighted by Crippen LogP contribution is 2.27. The average molecular weight is 297 g/mol. The molecule has 1 N–H and O–H groups in total. The molecule has 1 aromatic carbocycles. The minimum absolute atomic E-state index is 0.203. The van der Waals surface area contributed by atoms with Gasteiger partial charge in [0.1, 0.15) is 0 Å². The number of rotatable bonds is 3. The molecular weight excluding hydrogens is 274 g/mol. The van der Waals surface area contributed by atoms with Crippen LogP contribution in [0.5, 0.6) is 0 Å². The van der Waals surface area contributed by atoms with Crippen molar-refractivity contribution < 1.29 is 13.5 Å². The molecule has 1 aliphatic heterocycles. The predicted molar refractivity (Wildman–Crippen MR) is 79.3 cm³/mol. The summed E-state index contributed by atoms with van der Waals surface area (Å²) in [6.45, 7) is 5.94. The van der Waals surface area contributed by atoms with Crippen LogP contribution in [0.4, 0.5) is 0 Å². The highest BCUT2D eigenvalue weighted by atomic mass is 32.2. The van der Waals surface area contributed by atoms with Crippen molar-refractivity contribution in [1.29, 1.82) is 0 Å². The molecule has 1 heterocycles. The van der Waals surface area contributed by atoms with E-state index >= 15 is 0 Å². The predicted octanol–water partition coefficient (Wildman–Crippen LogP) is 1.85. The zero-order valence-electron chi connectivity index (χ0n) is 12.3. The standard InChI is InChI=1S/C15H23NO3S/c1-11-10-16(9-8-15(11)17)12(2)13-4-6-14(7-5-13)20(3,18)19/h4-7,11-12,15,17H,8-10H2,1-3H3. The van der Waals surface area contributed by atoms with Crippen molar-refractivity contribution in [2.75, 3.05) is 19.3 Å². The first kappa shape index (κ1) is 15.5. The highest BCUT2D eigenvalue weighted by Gasteiger charge is 2.27. The van der Waals surface area contributed by atoms with Crippen molar-refractivity contribution in [3.8, 4) is 0 Å². The molecule has 5 heteroatoms. The molecule has 0 saturated carbocycles. The van der Waals surface area contributed by atoms with E-state index in [2.05, 4.69) is 18.7 Å². The van der Waals surface area contributed by atoms with Crippen molar-refractivity contribution in [2.24, 2.45) is 5.92 Å². The Morgan fingerprint density at radius 1 is 1.30 bits per heavy atom. The molecule has 0 bridgehead atoms. The van der Waals surface area contributed by atoms with Gasteiger partial charge in [0.05, 0.1) is 11.0 Å². The van der Waals surface area contributed by atoms with Gasteiger partial charge in [0, 0.05) is 25.4 Å². The second-order valence-electron chi connectivity index (χ2n) is 5.85. The van der Waals surface area contributed by atoms with Gasteiger partial charge in [-0.3, -0.25) is 4.90 Å². The second-order valence-corrected chi connectivity index (χ2v) is 7.86. The molecule has 4 nitrogen and oxygen atoms in total. The summed E-state index contributed by atoms with van der Waals surface area (Å²) >= 11 is 0. The third kappa shape index (κ3) is 3.40. The fraction of sp³-hybridized carbons (Fsp3) is 0.600. The number of aliphatic hydroxyl groups excluding tert-OH is 1. The molecule has 3 unspecified atom stereocenters. The van der Waals surface area contributed by atoms with Gasteiger partial charge in [-0.25, -0.2) is 8.42 Å². The zero-order chi connectivity index (χ0) is 14.9. The lowest BCUT2D eigenvalue weighted by Gasteiger charge is -2.38. The van der Waals surface area contributed by atoms with Crippen LogP contribution in [0.25, 0.3) is 0 Å². The van der Waals surface area contributed by atoms with Gasteiger partial charge in [0.15, 0.2) is 9.84 Å². The Bertz CT molecular complexity index is 553. The molecular formula is C15H23NO3S. The first-order valence-electron chi connectivity index (χ1n) is 7.01. The fourth-order valence-electron chi connectivity index (χ4n) is 2.72. The van der Waals surface area contributed by atoms with Crippen molar-refractivity contribution in [3.63, 3.8) is 0 Å². The lowest BCUT2D eigenvalue weighted by Crippen LogP contribution is -2.42. The summed E-state index contributed by atoms with van der Waals surface area (Å²) in [4.78, 5) is 2.70. The summed E-state index contributed by atoms with van der Waals surface area (Å²) in [7, 11) is -3.13. The van der Waals surface area contributed by atoms with Crippen molar-refractivity contribution in [1.82, 2.24) is 4.90 Å². The van der Waals surface area contributed by atoms with E-state index in [4.69, 9.17) is 0 Å². The number of piperidine rings is 1. The van der Waals surface area contributed by atoms with E-state index in [1.165, 1.54) is 6.26 Å². The van der Waals surface area contributed by atoms with Gasteiger partial charge in [0.2, 0.25) is 0 Å². The number of nitrogens with zero attached hydrogens (tertiary/aromatic N) is 1. The molecule has 20 heavy (non-hydrogen) atoms. The molecule has 2 rings (SSSR count). The lowest BCUT2D eigenvalue weighted by atomic mass is 9.94. The lowest BCUT2D eigenvalue weighted by molar-refractivity contribution is 0.0199. The molecule has 0 radical (unpaired) electrons. The number of hydrogen-bond acceptors (Lipinski definition) is 4. The number of sulfone groups is 1. The van der Waals surface area contributed by atoms with E-state index in [0.717, 1.165) is 25.1 Å². The van der Waals surface area contributed by atoms with Crippen LogP contribution >= 0.6 is 0 Å². The van der Waals surface area contributed by atoms with Crippen LogP contribution < -0.4 is 0 Å². The molecule has 3 atom stereocenters. The number of aliphatic hydroxyl groups is 1. The van der Waals surface area contributed by atoms with Gasteiger partial charge in [-0.1, -0.05) is 19.1 Å². The quantitative estimate of drug-likeness (QED) is 0.925. The minimum atomic E-state index is -3.13. The van der Waals surface area contributed by atoms with Crippen molar-refractivity contribution in [2.45, 2.75) is 37.3 Å². The van der Waals surface area contributed by atoms with Gasteiger partial charge >= 0.3 is 0 Å². The van der Waals surface area contributed by atoms with E-state index in [9.17, 15) is 13.5 Å². The second kappa shape index (κ2) is 5.84. The fourth-order valence-corrected chi connectivity index (χ4v) is 3.35. The van der Waals surface area contributed by atoms with E-state index in [1.807, 2.05) is 12.1 Å². The Kier molecular flexibility index (Phi) is 4.52. The summed E-state index contributed by atoms with van der Waals surface area (Å²) in [6, 6.07) is 7.35. The molecule has 0 aromatic heterocycles. The Labute approximate surface area is 121 Å². The Balaban J connectivity index is 2.11. The topological polar surface area (TPSA) is 57.6 Å². The van der Waals surface area contributed by atoms with Crippen molar-refractivity contribution in [3.05, 3.63) is 29.8 Å². The molecule has 0 amide bonds. The minimum Gasteiger partial charge on any atom is -0.393 e. The normalized spacial score (nSPS) is 26.4. The van der Waals surface area contributed by atoms with Gasteiger partial charge in [-0.15, -0.1) is 0 Å². The van der Waals surface area contributed by atoms with Gasteiger partial charge < -0.3 is 5.11 Å². The maximum atomic E-state index is 11.5. The van der Waals surface area contributed by atoms with E-state index in [1.54, 1.807) is 12.1 Å².